The van der Waals surface area contributed by atoms with E-state index in [1.165, 1.54) is 6.07 Å². The quantitative estimate of drug-likeness (QED) is 0.865. The van der Waals surface area contributed by atoms with E-state index in [0.717, 1.165) is 11.1 Å². The SMILES string of the molecule is CC(O)/C=C/c1ccc(-c2ccccc2)c(F)c1. The van der Waals surface area contributed by atoms with Crippen molar-refractivity contribution in [2.45, 2.75) is 13.0 Å². The lowest BCUT2D eigenvalue weighted by molar-refractivity contribution is 0.245. The van der Waals surface area contributed by atoms with Crippen molar-refractivity contribution in [2.75, 3.05) is 0 Å². The standard InChI is InChI=1S/C16H15FO/c1-12(18)7-8-13-9-10-15(16(17)11-13)14-5-3-2-4-6-14/h2-12,18H,1H3/b8-7+. The van der Waals surface area contributed by atoms with Crippen molar-refractivity contribution in [1.82, 2.24) is 0 Å². The van der Waals surface area contributed by atoms with E-state index < -0.39 is 6.10 Å². The van der Waals surface area contributed by atoms with Crippen LogP contribution in [0.1, 0.15) is 12.5 Å². The molecule has 1 unspecified atom stereocenters. The Kier molecular flexibility index (Phi) is 3.90. The first kappa shape index (κ1) is 12.5. The maximum Gasteiger partial charge on any atom is 0.131 e. The third-order valence-electron chi connectivity index (χ3n) is 2.65. The Morgan fingerprint density at radius 2 is 1.83 bits per heavy atom. The molecule has 0 amide bonds. The smallest absolute Gasteiger partial charge is 0.131 e. The van der Waals surface area contributed by atoms with Gasteiger partial charge in [-0.3, -0.25) is 0 Å². The average Bonchev–Trinajstić information content (AvgIpc) is 2.37. The Balaban J connectivity index is 2.31. The summed E-state index contributed by atoms with van der Waals surface area (Å²) in [5.74, 6) is -0.256. The van der Waals surface area contributed by atoms with E-state index >= 15 is 0 Å². The average molecular weight is 242 g/mol. The number of benzene rings is 2. The predicted molar refractivity (Wildman–Crippen MR) is 72.6 cm³/mol. The van der Waals surface area contributed by atoms with Crippen LogP contribution in [0.2, 0.25) is 0 Å². The molecule has 92 valence electrons. The zero-order valence-electron chi connectivity index (χ0n) is 10.2. The van der Waals surface area contributed by atoms with Crippen LogP contribution in [0.25, 0.3) is 17.2 Å². The lowest BCUT2D eigenvalue weighted by Gasteiger charge is -2.04. The summed E-state index contributed by atoms with van der Waals surface area (Å²) in [5.41, 5.74) is 2.19. The molecule has 0 aliphatic heterocycles. The second kappa shape index (κ2) is 5.61. The largest absolute Gasteiger partial charge is 0.389 e. The number of hydrogen-bond donors (Lipinski definition) is 1. The highest BCUT2D eigenvalue weighted by Gasteiger charge is 2.04. The van der Waals surface area contributed by atoms with E-state index in [9.17, 15) is 4.39 Å². The minimum atomic E-state index is -0.526. The molecule has 0 saturated heterocycles. The normalized spacial score (nSPS) is 12.8. The van der Waals surface area contributed by atoms with Gasteiger partial charge in [0.2, 0.25) is 0 Å². The monoisotopic (exact) mass is 242 g/mol. The fourth-order valence-electron chi connectivity index (χ4n) is 1.74. The van der Waals surface area contributed by atoms with Crippen molar-refractivity contribution in [3.05, 3.63) is 66.0 Å². The molecular weight excluding hydrogens is 227 g/mol. The maximum atomic E-state index is 14.0. The van der Waals surface area contributed by atoms with Crippen LogP contribution >= 0.6 is 0 Å². The molecule has 0 fully saturated rings. The van der Waals surface area contributed by atoms with Crippen LogP contribution in [0.15, 0.2) is 54.6 Å². The zero-order chi connectivity index (χ0) is 13.0. The van der Waals surface area contributed by atoms with Crippen molar-refractivity contribution in [3.63, 3.8) is 0 Å². The Hall–Kier alpha value is -1.93. The molecular formula is C16H15FO. The molecule has 0 aromatic heterocycles. The maximum absolute atomic E-state index is 14.0. The molecule has 2 heteroatoms. The summed E-state index contributed by atoms with van der Waals surface area (Å²) in [6, 6.07) is 14.5. The molecule has 18 heavy (non-hydrogen) atoms. The van der Waals surface area contributed by atoms with Gasteiger partial charge in [0.05, 0.1) is 6.10 Å². The van der Waals surface area contributed by atoms with E-state index in [-0.39, 0.29) is 5.82 Å². The van der Waals surface area contributed by atoms with Gasteiger partial charge in [0.1, 0.15) is 5.82 Å². The minimum absolute atomic E-state index is 0.256. The summed E-state index contributed by atoms with van der Waals surface area (Å²) in [6.07, 6.45) is 2.81. The van der Waals surface area contributed by atoms with Crippen molar-refractivity contribution in [3.8, 4) is 11.1 Å². The lowest BCUT2D eigenvalue weighted by Crippen LogP contribution is -1.91. The zero-order valence-corrected chi connectivity index (χ0v) is 10.2. The second-order valence-electron chi connectivity index (χ2n) is 4.21. The Morgan fingerprint density at radius 3 is 2.44 bits per heavy atom. The second-order valence-corrected chi connectivity index (χ2v) is 4.21. The summed E-state index contributed by atoms with van der Waals surface area (Å²) >= 11 is 0. The Morgan fingerprint density at radius 1 is 1.11 bits per heavy atom. The first-order valence-corrected chi connectivity index (χ1v) is 5.88. The molecule has 0 aliphatic rings. The van der Waals surface area contributed by atoms with Crippen molar-refractivity contribution < 1.29 is 9.50 Å². The predicted octanol–water partition coefficient (Wildman–Crippen LogP) is 3.89. The van der Waals surface area contributed by atoms with Gasteiger partial charge in [0, 0.05) is 5.56 Å². The number of hydrogen-bond acceptors (Lipinski definition) is 1. The lowest BCUT2D eigenvalue weighted by atomic mass is 10.0. The van der Waals surface area contributed by atoms with Gasteiger partial charge in [-0.05, 0) is 24.1 Å². The molecule has 2 aromatic carbocycles. The van der Waals surface area contributed by atoms with E-state index in [2.05, 4.69) is 0 Å². The summed E-state index contributed by atoms with van der Waals surface area (Å²) in [6.45, 7) is 1.66. The molecule has 0 heterocycles. The first-order valence-electron chi connectivity index (χ1n) is 5.88. The van der Waals surface area contributed by atoms with Crippen LogP contribution < -0.4 is 0 Å². The van der Waals surface area contributed by atoms with E-state index in [0.29, 0.717) is 5.56 Å². The summed E-state index contributed by atoms with van der Waals surface area (Å²) in [4.78, 5) is 0. The van der Waals surface area contributed by atoms with Crippen molar-refractivity contribution in [1.29, 1.82) is 0 Å². The highest BCUT2D eigenvalue weighted by atomic mass is 19.1. The topological polar surface area (TPSA) is 20.2 Å². The minimum Gasteiger partial charge on any atom is -0.389 e. The molecule has 0 saturated carbocycles. The van der Waals surface area contributed by atoms with E-state index in [1.807, 2.05) is 36.4 Å². The number of aliphatic hydroxyl groups is 1. The number of halogens is 1. The van der Waals surface area contributed by atoms with Gasteiger partial charge in [-0.15, -0.1) is 0 Å². The van der Waals surface area contributed by atoms with Gasteiger partial charge in [0.25, 0.3) is 0 Å². The molecule has 1 nitrogen and oxygen atoms in total. The first-order chi connectivity index (χ1) is 8.66. The molecule has 0 spiro atoms. The van der Waals surface area contributed by atoms with Crippen LogP contribution in [0.3, 0.4) is 0 Å². The Bertz CT molecular complexity index is 544. The van der Waals surface area contributed by atoms with Crippen LogP contribution in [-0.2, 0) is 0 Å². The molecule has 0 bridgehead atoms. The van der Waals surface area contributed by atoms with Gasteiger partial charge in [-0.1, -0.05) is 54.6 Å². The van der Waals surface area contributed by atoms with Gasteiger partial charge < -0.3 is 5.11 Å². The van der Waals surface area contributed by atoms with Crippen LogP contribution in [0.4, 0.5) is 4.39 Å². The van der Waals surface area contributed by atoms with Crippen LogP contribution in [-0.4, -0.2) is 11.2 Å². The molecule has 0 aliphatic carbocycles. The Labute approximate surface area is 106 Å². The van der Waals surface area contributed by atoms with Crippen molar-refractivity contribution in [2.24, 2.45) is 0 Å². The molecule has 2 rings (SSSR count). The van der Waals surface area contributed by atoms with Gasteiger partial charge in [-0.2, -0.15) is 0 Å². The summed E-state index contributed by atoms with van der Waals surface area (Å²) in [5, 5.41) is 9.14. The fourth-order valence-corrected chi connectivity index (χ4v) is 1.74. The molecule has 1 N–H and O–H groups in total. The highest BCUT2D eigenvalue weighted by molar-refractivity contribution is 5.66. The third-order valence-corrected chi connectivity index (χ3v) is 2.65. The molecule has 2 aromatic rings. The van der Waals surface area contributed by atoms with E-state index in [1.54, 1.807) is 25.1 Å². The van der Waals surface area contributed by atoms with Crippen LogP contribution in [0.5, 0.6) is 0 Å². The number of aliphatic hydroxyl groups excluding tert-OH is 1. The summed E-state index contributed by atoms with van der Waals surface area (Å²) < 4.78 is 14.0. The number of rotatable bonds is 3. The molecule has 1 atom stereocenters. The summed E-state index contributed by atoms with van der Waals surface area (Å²) in [7, 11) is 0. The third kappa shape index (κ3) is 3.05. The van der Waals surface area contributed by atoms with E-state index in [4.69, 9.17) is 5.11 Å². The fraction of sp³-hybridized carbons (Fsp3) is 0.125. The molecule has 0 radical (unpaired) electrons. The highest BCUT2D eigenvalue weighted by Crippen LogP contribution is 2.23. The van der Waals surface area contributed by atoms with Gasteiger partial charge in [-0.25, -0.2) is 4.39 Å². The van der Waals surface area contributed by atoms with Gasteiger partial charge >= 0.3 is 0 Å². The van der Waals surface area contributed by atoms with Crippen LogP contribution in [0, 0.1) is 5.82 Å². The van der Waals surface area contributed by atoms with Crippen molar-refractivity contribution >= 4 is 6.08 Å². The van der Waals surface area contributed by atoms with Gasteiger partial charge in [0.15, 0.2) is 0 Å².